The number of carbonyl (C=O) groups is 2. The molecule has 2 aromatic rings. The van der Waals surface area contributed by atoms with Crippen LogP contribution in [0.2, 0.25) is 0 Å². The second-order valence-electron chi connectivity index (χ2n) is 7.98. The smallest absolute Gasteiger partial charge is 0.387 e. The van der Waals surface area contributed by atoms with E-state index in [2.05, 4.69) is 15.0 Å². The molecule has 0 atom stereocenters. The Bertz CT molecular complexity index is 1020. The molecule has 1 fully saturated rings. The predicted molar refractivity (Wildman–Crippen MR) is 128 cm³/mol. The Balaban J connectivity index is 1.59. The fraction of sp³-hybridized carbons (Fsp3) is 0.385. The summed E-state index contributed by atoms with van der Waals surface area (Å²) in [6.45, 7) is 1.87. The molecule has 7 nitrogen and oxygen atoms in total. The van der Waals surface area contributed by atoms with Crippen molar-refractivity contribution >= 4 is 23.6 Å². The van der Waals surface area contributed by atoms with Crippen molar-refractivity contribution in [2.75, 3.05) is 25.1 Å². The molecule has 188 valence electrons. The average Bonchev–Trinajstić information content (AvgIpc) is 3.65. The number of carbonyl (C=O) groups excluding carboxylic acids is 2. The Labute approximate surface area is 203 Å². The third-order valence-electron chi connectivity index (χ3n) is 5.21. The molecule has 1 aliphatic rings. The first-order chi connectivity index (χ1) is 16.9. The topological polar surface area (TPSA) is 77.1 Å². The lowest BCUT2D eigenvalue weighted by Gasteiger charge is -2.22. The van der Waals surface area contributed by atoms with Crippen LogP contribution in [-0.4, -0.2) is 49.2 Å². The van der Waals surface area contributed by atoms with Gasteiger partial charge in [-0.25, -0.2) is 4.79 Å². The number of anilines is 1. The molecule has 2 aromatic carbocycles. The lowest BCUT2D eigenvalue weighted by Crippen LogP contribution is -2.34. The lowest BCUT2D eigenvalue weighted by atomic mass is 10.1. The number of benzene rings is 2. The van der Waals surface area contributed by atoms with Crippen molar-refractivity contribution in [2.45, 2.75) is 45.9 Å². The van der Waals surface area contributed by atoms with Crippen molar-refractivity contribution in [3.8, 4) is 11.5 Å². The normalized spacial score (nSPS) is 13.3. The molecule has 0 unspecified atom stereocenters. The third-order valence-corrected chi connectivity index (χ3v) is 5.21. The van der Waals surface area contributed by atoms with Crippen molar-refractivity contribution in [1.82, 2.24) is 4.90 Å². The number of nitrogens with one attached hydrogen (secondary N) is 1. The van der Waals surface area contributed by atoms with Gasteiger partial charge in [-0.2, -0.15) is 8.78 Å². The molecule has 0 heterocycles. The number of halogens is 2. The first-order valence-electron chi connectivity index (χ1n) is 11.6. The summed E-state index contributed by atoms with van der Waals surface area (Å²) >= 11 is 0. The summed E-state index contributed by atoms with van der Waals surface area (Å²) in [4.78, 5) is 26.2. The van der Waals surface area contributed by atoms with Gasteiger partial charge in [0.15, 0.2) is 11.5 Å². The zero-order valence-corrected chi connectivity index (χ0v) is 19.8. The maximum atomic E-state index is 12.7. The number of nitrogens with zero attached hydrogens (tertiary/aromatic N) is 1. The van der Waals surface area contributed by atoms with Crippen molar-refractivity contribution in [1.29, 1.82) is 0 Å². The highest BCUT2D eigenvalue weighted by Crippen LogP contribution is 2.33. The van der Waals surface area contributed by atoms with Gasteiger partial charge in [0.25, 0.3) is 0 Å². The van der Waals surface area contributed by atoms with Crippen LogP contribution >= 0.6 is 0 Å². The number of hydrogen-bond acceptors (Lipinski definition) is 6. The number of hydrogen-bond donors (Lipinski definition) is 1. The fourth-order valence-corrected chi connectivity index (χ4v) is 3.52. The van der Waals surface area contributed by atoms with E-state index in [0.29, 0.717) is 31.5 Å². The highest BCUT2D eigenvalue weighted by atomic mass is 19.3. The highest BCUT2D eigenvalue weighted by molar-refractivity contribution is 5.92. The van der Waals surface area contributed by atoms with Crippen LogP contribution < -0.4 is 14.8 Å². The van der Waals surface area contributed by atoms with Crippen LogP contribution in [0, 0.1) is 0 Å². The van der Waals surface area contributed by atoms with E-state index >= 15 is 0 Å². The van der Waals surface area contributed by atoms with Gasteiger partial charge in [-0.15, -0.1) is 0 Å². The van der Waals surface area contributed by atoms with Gasteiger partial charge < -0.3 is 19.5 Å². The molecular weight excluding hydrogens is 458 g/mol. The van der Waals surface area contributed by atoms with Crippen molar-refractivity contribution in [3.63, 3.8) is 0 Å². The number of ether oxygens (including phenoxy) is 3. The van der Waals surface area contributed by atoms with E-state index < -0.39 is 12.6 Å². The second-order valence-corrected chi connectivity index (χ2v) is 7.98. The van der Waals surface area contributed by atoms with Crippen LogP contribution in [0.25, 0.3) is 6.08 Å². The lowest BCUT2D eigenvalue weighted by molar-refractivity contribution is -0.137. The van der Waals surface area contributed by atoms with Gasteiger partial charge in [0.05, 0.1) is 19.8 Å². The van der Waals surface area contributed by atoms with Crippen LogP contribution in [0.15, 0.2) is 48.5 Å². The quantitative estimate of drug-likeness (QED) is 0.320. The Morgan fingerprint density at radius 3 is 2.46 bits per heavy atom. The molecule has 0 aliphatic heterocycles. The Morgan fingerprint density at radius 2 is 1.83 bits per heavy atom. The zero-order chi connectivity index (χ0) is 25.2. The maximum Gasteiger partial charge on any atom is 0.387 e. The molecule has 0 spiro atoms. The number of esters is 1. The van der Waals surface area contributed by atoms with Crippen molar-refractivity contribution in [3.05, 3.63) is 59.7 Å². The molecule has 1 N–H and O–H groups in total. The summed E-state index contributed by atoms with van der Waals surface area (Å²) in [5, 5.41) is 2.89. The fourth-order valence-electron chi connectivity index (χ4n) is 3.52. The molecule has 0 aromatic heterocycles. The van der Waals surface area contributed by atoms with E-state index in [1.54, 1.807) is 56.3 Å². The van der Waals surface area contributed by atoms with Crippen LogP contribution in [0.1, 0.15) is 37.8 Å². The molecule has 1 saturated carbocycles. The predicted octanol–water partition coefficient (Wildman–Crippen LogP) is 4.87. The first kappa shape index (κ1) is 26.2. The largest absolute Gasteiger partial charge is 0.490 e. The van der Waals surface area contributed by atoms with Crippen LogP contribution in [0.3, 0.4) is 0 Å². The molecule has 35 heavy (non-hydrogen) atoms. The Morgan fingerprint density at radius 1 is 1.09 bits per heavy atom. The van der Waals surface area contributed by atoms with Gasteiger partial charge in [-0.3, -0.25) is 9.69 Å². The molecule has 0 bridgehead atoms. The first-order valence-corrected chi connectivity index (χ1v) is 11.6. The van der Waals surface area contributed by atoms with Crippen molar-refractivity contribution in [2.24, 2.45) is 0 Å². The van der Waals surface area contributed by atoms with E-state index in [1.807, 2.05) is 0 Å². The zero-order valence-electron chi connectivity index (χ0n) is 19.8. The van der Waals surface area contributed by atoms with Gasteiger partial charge in [0, 0.05) is 24.4 Å². The minimum Gasteiger partial charge on any atom is -0.490 e. The van der Waals surface area contributed by atoms with Gasteiger partial charge >= 0.3 is 12.6 Å². The molecular formula is C26H30F2N2O5. The standard InChI is InChI=1S/C26H30F2N2O5/c1-3-33-23-15-19(7-13-22(23)35-26(27)28)16-30(21-11-12-21)17-24(31)29-20-9-5-18(6-10-20)8-14-25(32)34-4-2/h5-10,13-15,21,26H,3-4,11-12,16-17H2,1-2H3,(H,29,31)/b14-8+. The van der Waals surface area contributed by atoms with E-state index in [-0.39, 0.29) is 24.0 Å². The third kappa shape index (κ3) is 8.68. The number of amides is 1. The van der Waals surface area contributed by atoms with E-state index in [9.17, 15) is 18.4 Å². The molecule has 0 saturated heterocycles. The minimum absolute atomic E-state index is 0.0122. The van der Waals surface area contributed by atoms with Crippen molar-refractivity contribution < 1.29 is 32.6 Å². The second kappa shape index (κ2) is 12.9. The minimum atomic E-state index is -2.94. The summed E-state index contributed by atoms with van der Waals surface area (Å²) in [6.07, 6.45) is 5.00. The average molecular weight is 489 g/mol. The van der Waals surface area contributed by atoms with E-state index in [1.165, 1.54) is 12.1 Å². The summed E-state index contributed by atoms with van der Waals surface area (Å²) in [5.41, 5.74) is 2.29. The Hall–Kier alpha value is -3.46. The Kier molecular flexibility index (Phi) is 9.60. The summed E-state index contributed by atoms with van der Waals surface area (Å²) in [7, 11) is 0. The summed E-state index contributed by atoms with van der Waals surface area (Å²) < 4.78 is 40.2. The van der Waals surface area contributed by atoms with Gasteiger partial charge in [0.1, 0.15) is 0 Å². The maximum absolute atomic E-state index is 12.7. The summed E-state index contributed by atoms with van der Waals surface area (Å²) in [6, 6.07) is 12.3. The monoisotopic (exact) mass is 488 g/mol. The van der Waals surface area contributed by atoms with Crippen LogP contribution in [0.4, 0.5) is 14.5 Å². The molecule has 9 heteroatoms. The van der Waals surface area contributed by atoms with Crippen LogP contribution in [0.5, 0.6) is 11.5 Å². The van der Waals surface area contributed by atoms with Gasteiger partial charge in [-0.1, -0.05) is 18.2 Å². The molecule has 0 radical (unpaired) electrons. The SMILES string of the molecule is CCOC(=O)/C=C/c1ccc(NC(=O)CN(Cc2ccc(OC(F)F)c(OCC)c2)C2CC2)cc1. The van der Waals surface area contributed by atoms with Gasteiger partial charge in [0.2, 0.25) is 5.91 Å². The van der Waals surface area contributed by atoms with Crippen LogP contribution in [-0.2, 0) is 20.9 Å². The highest BCUT2D eigenvalue weighted by Gasteiger charge is 2.30. The molecule has 1 amide bonds. The number of alkyl halides is 2. The van der Waals surface area contributed by atoms with Gasteiger partial charge in [-0.05, 0) is 68.2 Å². The van der Waals surface area contributed by atoms with E-state index in [4.69, 9.17) is 9.47 Å². The summed E-state index contributed by atoms with van der Waals surface area (Å²) in [5.74, 6) is -0.325. The molecule has 3 rings (SSSR count). The number of rotatable bonds is 13. The molecule has 1 aliphatic carbocycles. The van der Waals surface area contributed by atoms with E-state index in [0.717, 1.165) is 24.0 Å².